The van der Waals surface area contributed by atoms with Gasteiger partial charge in [0.15, 0.2) is 0 Å². The number of carbonyl (C=O) groups excluding carboxylic acids is 1. The third kappa shape index (κ3) is 2.85. The van der Waals surface area contributed by atoms with Crippen molar-refractivity contribution in [3.05, 3.63) is 66.2 Å². The summed E-state index contributed by atoms with van der Waals surface area (Å²) in [6.45, 7) is 2.98. The normalized spacial score (nSPS) is 11.5. The zero-order valence-corrected chi connectivity index (χ0v) is 16.8. The molecule has 0 fully saturated rings. The molecule has 0 unspecified atom stereocenters. The van der Waals surface area contributed by atoms with E-state index in [4.69, 9.17) is 5.73 Å². The zero-order chi connectivity index (χ0) is 20.8. The molecule has 0 aliphatic heterocycles. The smallest absolute Gasteiger partial charge is 0.254 e. The van der Waals surface area contributed by atoms with Gasteiger partial charge in [0.25, 0.3) is 5.91 Å². The van der Waals surface area contributed by atoms with Gasteiger partial charge < -0.3 is 15.0 Å². The third-order valence-corrected chi connectivity index (χ3v) is 5.39. The number of carbonyl (C=O) groups is 1. The fourth-order valence-electron chi connectivity index (χ4n) is 3.86. The Morgan fingerprint density at radius 3 is 2.83 bits per heavy atom. The topological polar surface area (TPSA) is 94.3 Å². The predicted octanol–water partition coefficient (Wildman–Crippen LogP) is 3.01. The standard InChI is InChI=1S/C22H21N7O/c1-3-28(12-15-13-29-9-5-4-6-19(29)25-15)22(30)14-7-8-18-16(10-14)20-17(21(23)26-18)11-24-27(20)2/h4-11,13H,3,12H2,1-2H3,(H2,23,26). The lowest BCUT2D eigenvalue weighted by Gasteiger charge is -2.20. The van der Waals surface area contributed by atoms with Crippen molar-refractivity contribution in [2.75, 3.05) is 12.3 Å². The van der Waals surface area contributed by atoms with Crippen LogP contribution in [0.3, 0.4) is 0 Å². The fourth-order valence-corrected chi connectivity index (χ4v) is 3.86. The van der Waals surface area contributed by atoms with Gasteiger partial charge in [-0.05, 0) is 37.3 Å². The first-order valence-corrected chi connectivity index (χ1v) is 9.78. The number of nitrogen functional groups attached to an aromatic ring is 1. The molecule has 0 spiro atoms. The molecule has 0 aliphatic rings. The molecule has 30 heavy (non-hydrogen) atoms. The van der Waals surface area contributed by atoms with E-state index in [9.17, 15) is 4.79 Å². The molecule has 0 atom stereocenters. The van der Waals surface area contributed by atoms with Crippen molar-refractivity contribution < 1.29 is 4.79 Å². The summed E-state index contributed by atoms with van der Waals surface area (Å²) in [7, 11) is 1.86. The third-order valence-electron chi connectivity index (χ3n) is 5.39. The first-order valence-electron chi connectivity index (χ1n) is 9.78. The molecular weight excluding hydrogens is 378 g/mol. The number of fused-ring (bicyclic) bond motifs is 4. The molecule has 0 saturated carbocycles. The van der Waals surface area contributed by atoms with Crippen molar-refractivity contribution in [3.63, 3.8) is 0 Å². The van der Waals surface area contributed by atoms with Gasteiger partial charge in [-0.1, -0.05) is 6.07 Å². The summed E-state index contributed by atoms with van der Waals surface area (Å²) in [5.74, 6) is 0.385. The Balaban J connectivity index is 1.52. The second-order valence-corrected chi connectivity index (χ2v) is 7.28. The van der Waals surface area contributed by atoms with Crippen molar-refractivity contribution in [1.82, 2.24) is 29.0 Å². The van der Waals surface area contributed by atoms with Gasteiger partial charge in [0.2, 0.25) is 0 Å². The van der Waals surface area contributed by atoms with E-state index in [1.807, 2.05) is 61.1 Å². The van der Waals surface area contributed by atoms with Gasteiger partial charge in [-0.15, -0.1) is 0 Å². The fraction of sp³-hybridized carbons (Fsp3) is 0.182. The highest BCUT2D eigenvalue weighted by Crippen LogP contribution is 2.28. The average Bonchev–Trinajstić information content (AvgIpc) is 3.35. The molecular formula is C22H21N7O. The molecule has 5 aromatic rings. The van der Waals surface area contributed by atoms with Crippen molar-refractivity contribution in [1.29, 1.82) is 0 Å². The van der Waals surface area contributed by atoms with Gasteiger partial charge in [-0.25, -0.2) is 9.97 Å². The van der Waals surface area contributed by atoms with Crippen LogP contribution < -0.4 is 5.73 Å². The summed E-state index contributed by atoms with van der Waals surface area (Å²) in [5.41, 5.74) is 9.99. The molecule has 4 heterocycles. The molecule has 4 aromatic heterocycles. The van der Waals surface area contributed by atoms with Crippen molar-refractivity contribution in [2.24, 2.45) is 7.05 Å². The van der Waals surface area contributed by atoms with Crippen LogP contribution in [0.1, 0.15) is 23.0 Å². The Labute approximate surface area is 172 Å². The van der Waals surface area contributed by atoms with Gasteiger partial charge >= 0.3 is 0 Å². The second-order valence-electron chi connectivity index (χ2n) is 7.28. The van der Waals surface area contributed by atoms with E-state index < -0.39 is 0 Å². The number of nitrogens with zero attached hydrogens (tertiary/aromatic N) is 6. The Hall–Kier alpha value is -3.94. The van der Waals surface area contributed by atoms with Gasteiger partial charge in [0.1, 0.15) is 11.5 Å². The number of aryl methyl sites for hydroxylation is 1. The predicted molar refractivity (Wildman–Crippen MR) is 116 cm³/mol. The number of hydrogen-bond acceptors (Lipinski definition) is 5. The lowest BCUT2D eigenvalue weighted by atomic mass is 10.1. The maximum Gasteiger partial charge on any atom is 0.254 e. The summed E-state index contributed by atoms with van der Waals surface area (Å²) in [4.78, 5) is 24.2. The van der Waals surface area contributed by atoms with Crippen LogP contribution in [-0.4, -0.2) is 41.5 Å². The second kappa shape index (κ2) is 6.84. The molecule has 0 radical (unpaired) electrons. The van der Waals surface area contributed by atoms with Crippen LogP contribution in [0.25, 0.3) is 27.5 Å². The van der Waals surface area contributed by atoms with Crippen molar-refractivity contribution >= 4 is 39.2 Å². The van der Waals surface area contributed by atoms with Crippen molar-refractivity contribution in [2.45, 2.75) is 13.5 Å². The summed E-state index contributed by atoms with van der Waals surface area (Å²) in [6, 6.07) is 11.4. The van der Waals surface area contributed by atoms with Crippen LogP contribution in [0.2, 0.25) is 0 Å². The first-order chi connectivity index (χ1) is 14.5. The number of rotatable bonds is 4. The lowest BCUT2D eigenvalue weighted by molar-refractivity contribution is 0.0751. The molecule has 0 bridgehead atoms. The highest BCUT2D eigenvalue weighted by molar-refractivity contribution is 6.10. The van der Waals surface area contributed by atoms with Gasteiger partial charge in [0.05, 0.1) is 34.9 Å². The van der Waals surface area contributed by atoms with Gasteiger partial charge in [0, 0.05) is 36.9 Å². The first kappa shape index (κ1) is 18.1. The number of nitrogens with two attached hydrogens (primary N) is 1. The Bertz CT molecular complexity index is 1380. The highest BCUT2D eigenvalue weighted by atomic mass is 16.2. The largest absolute Gasteiger partial charge is 0.383 e. The number of amides is 1. The molecule has 0 saturated heterocycles. The van der Waals surface area contributed by atoms with E-state index in [1.54, 1.807) is 21.8 Å². The number of benzene rings is 1. The van der Waals surface area contributed by atoms with Crippen LogP contribution in [0.4, 0.5) is 5.82 Å². The quantitative estimate of drug-likeness (QED) is 0.501. The Kier molecular flexibility index (Phi) is 4.13. The molecule has 2 N–H and O–H groups in total. The zero-order valence-electron chi connectivity index (χ0n) is 16.8. The Morgan fingerprint density at radius 1 is 1.17 bits per heavy atom. The minimum atomic E-state index is -0.0522. The molecule has 8 heteroatoms. The summed E-state index contributed by atoms with van der Waals surface area (Å²) < 4.78 is 3.72. The molecule has 0 aliphatic carbocycles. The van der Waals surface area contributed by atoms with E-state index in [0.29, 0.717) is 24.5 Å². The summed E-state index contributed by atoms with van der Waals surface area (Å²) in [6.07, 6.45) is 5.61. The number of pyridine rings is 2. The SMILES string of the molecule is CCN(Cc1cn2ccccc2n1)C(=O)c1ccc2nc(N)c3cnn(C)c3c2c1. The van der Waals surface area contributed by atoms with E-state index in [-0.39, 0.29) is 5.91 Å². The van der Waals surface area contributed by atoms with Gasteiger partial charge in [-0.2, -0.15) is 5.10 Å². The monoisotopic (exact) mass is 399 g/mol. The summed E-state index contributed by atoms with van der Waals surface area (Å²) >= 11 is 0. The number of hydrogen-bond donors (Lipinski definition) is 1. The van der Waals surface area contributed by atoms with Crippen LogP contribution in [0.15, 0.2) is 55.0 Å². The van der Waals surface area contributed by atoms with Crippen LogP contribution in [0, 0.1) is 0 Å². The highest BCUT2D eigenvalue weighted by Gasteiger charge is 2.18. The molecule has 1 amide bonds. The number of aromatic nitrogens is 5. The maximum atomic E-state index is 13.3. The summed E-state index contributed by atoms with van der Waals surface area (Å²) in [5, 5.41) is 5.94. The lowest BCUT2D eigenvalue weighted by Crippen LogP contribution is -2.30. The van der Waals surface area contributed by atoms with E-state index in [0.717, 1.165) is 33.1 Å². The number of imidazole rings is 1. The Morgan fingerprint density at radius 2 is 2.03 bits per heavy atom. The van der Waals surface area contributed by atoms with E-state index in [2.05, 4.69) is 15.1 Å². The van der Waals surface area contributed by atoms with Crippen LogP contribution in [0.5, 0.6) is 0 Å². The van der Waals surface area contributed by atoms with Crippen molar-refractivity contribution in [3.8, 4) is 0 Å². The average molecular weight is 399 g/mol. The minimum Gasteiger partial charge on any atom is -0.383 e. The van der Waals surface area contributed by atoms with Gasteiger partial charge in [-0.3, -0.25) is 9.48 Å². The molecule has 150 valence electrons. The number of anilines is 1. The van der Waals surface area contributed by atoms with Crippen LogP contribution >= 0.6 is 0 Å². The molecule has 1 aromatic carbocycles. The molecule has 5 rings (SSSR count). The van der Waals surface area contributed by atoms with E-state index >= 15 is 0 Å². The van der Waals surface area contributed by atoms with E-state index in [1.165, 1.54) is 0 Å². The van der Waals surface area contributed by atoms with Crippen LogP contribution in [-0.2, 0) is 13.6 Å². The minimum absolute atomic E-state index is 0.0522. The maximum absolute atomic E-state index is 13.3. The molecule has 8 nitrogen and oxygen atoms in total.